The first-order chi connectivity index (χ1) is 7.34. The molecule has 96 valence electrons. The van der Waals surface area contributed by atoms with Gasteiger partial charge in [-0.2, -0.15) is 0 Å². The van der Waals surface area contributed by atoms with Crippen LogP contribution in [0.2, 0.25) is 0 Å². The van der Waals surface area contributed by atoms with Crippen molar-refractivity contribution in [1.29, 1.82) is 0 Å². The number of nitrogens with zero attached hydrogens (tertiary/aromatic N) is 1. The van der Waals surface area contributed by atoms with Crippen molar-refractivity contribution in [2.24, 2.45) is 11.7 Å². The predicted octanol–water partition coefficient (Wildman–Crippen LogP) is 2.80. The molecule has 0 amide bonds. The SMILES string of the molecule is Cl.NC1CCCN(CC2CCCCCC2)C1. The second kappa shape index (κ2) is 7.52. The fourth-order valence-electron chi connectivity index (χ4n) is 3.17. The van der Waals surface area contributed by atoms with Crippen LogP contribution in [0.5, 0.6) is 0 Å². The van der Waals surface area contributed by atoms with E-state index < -0.39 is 0 Å². The van der Waals surface area contributed by atoms with Gasteiger partial charge in [0.2, 0.25) is 0 Å². The summed E-state index contributed by atoms with van der Waals surface area (Å²) < 4.78 is 0. The number of hydrogen-bond donors (Lipinski definition) is 1. The molecule has 2 rings (SSSR count). The van der Waals surface area contributed by atoms with Gasteiger partial charge < -0.3 is 10.6 Å². The Balaban J connectivity index is 0.00000128. The topological polar surface area (TPSA) is 29.3 Å². The smallest absolute Gasteiger partial charge is 0.0168 e. The van der Waals surface area contributed by atoms with Crippen LogP contribution in [0, 0.1) is 5.92 Å². The van der Waals surface area contributed by atoms with Crippen molar-refractivity contribution in [3.8, 4) is 0 Å². The summed E-state index contributed by atoms with van der Waals surface area (Å²) >= 11 is 0. The van der Waals surface area contributed by atoms with Crippen molar-refractivity contribution in [1.82, 2.24) is 4.90 Å². The molecule has 0 spiro atoms. The van der Waals surface area contributed by atoms with Gasteiger partial charge in [-0.25, -0.2) is 0 Å². The molecule has 0 radical (unpaired) electrons. The first-order valence-corrected chi connectivity index (χ1v) is 6.82. The Morgan fingerprint density at radius 2 is 1.62 bits per heavy atom. The highest BCUT2D eigenvalue weighted by Gasteiger charge is 2.20. The van der Waals surface area contributed by atoms with E-state index in [1.165, 1.54) is 64.5 Å². The Hall–Kier alpha value is 0.210. The van der Waals surface area contributed by atoms with Gasteiger partial charge in [0, 0.05) is 19.1 Å². The third kappa shape index (κ3) is 4.60. The highest BCUT2D eigenvalue weighted by Crippen LogP contribution is 2.24. The van der Waals surface area contributed by atoms with Crippen LogP contribution in [0.15, 0.2) is 0 Å². The van der Waals surface area contributed by atoms with Crippen molar-refractivity contribution < 1.29 is 0 Å². The van der Waals surface area contributed by atoms with E-state index in [0.29, 0.717) is 6.04 Å². The standard InChI is InChI=1S/C13H26N2.ClH/c14-13-8-5-9-15(11-13)10-12-6-3-1-2-4-7-12;/h12-13H,1-11,14H2;1H. The fourth-order valence-corrected chi connectivity index (χ4v) is 3.17. The average molecular weight is 247 g/mol. The Bertz CT molecular complexity index is 179. The van der Waals surface area contributed by atoms with Gasteiger partial charge in [0.1, 0.15) is 0 Å². The van der Waals surface area contributed by atoms with E-state index >= 15 is 0 Å². The second-order valence-electron chi connectivity index (χ2n) is 5.52. The monoisotopic (exact) mass is 246 g/mol. The Morgan fingerprint density at radius 3 is 2.25 bits per heavy atom. The molecule has 2 nitrogen and oxygen atoms in total. The summed E-state index contributed by atoms with van der Waals surface area (Å²) in [6, 6.07) is 0.449. The molecule has 2 fully saturated rings. The van der Waals surface area contributed by atoms with Crippen molar-refractivity contribution in [3.05, 3.63) is 0 Å². The van der Waals surface area contributed by atoms with E-state index in [4.69, 9.17) is 5.73 Å². The first kappa shape index (κ1) is 14.3. The van der Waals surface area contributed by atoms with Crippen molar-refractivity contribution in [2.45, 2.75) is 57.4 Å². The number of piperidine rings is 1. The molecule has 0 aromatic heterocycles. The van der Waals surface area contributed by atoms with E-state index in [1.807, 2.05) is 0 Å². The van der Waals surface area contributed by atoms with Gasteiger partial charge in [0.05, 0.1) is 0 Å². The molecule has 16 heavy (non-hydrogen) atoms. The molecule has 2 N–H and O–H groups in total. The van der Waals surface area contributed by atoms with Crippen LogP contribution in [-0.2, 0) is 0 Å². The summed E-state index contributed by atoms with van der Waals surface area (Å²) in [5.41, 5.74) is 6.02. The predicted molar refractivity (Wildman–Crippen MR) is 72.1 cm³/mol. The number of hydrogen-bond acceptors (Lipinski definition) is 2. The van der Waals surface area contributed by atoms with Crippen molar-refractivity contribution in [3.63, 3.8) is 0 Å². The van der Waals surface area contributed by atoms with Crippen LogP contribution in [0.25, 0.3) is 0 Å². The third-order valence-electron chi connectivity index (χ3n) is 4.03. The molecule has 2 aliphatic rings. The zero-order valence-corrected chi connectivity index (χ0v) is 11.2. The summed E-state index contributed by atoms with van der Waals surface area (Å²) in [6.45, 7) is 3.77. The molecule has 1 unspecified atom stereocenters. The van der Waals surface area contributed by atoms with E-state index in [0.717, 1.165) is 12.5 Å². The molecular formula is C13H27ClN2. The minimum Gasteiger partial charge on any atom is -0.327 e. The van der Waals surface area contributed by atoms with Crippen LogP contribution >= 0.6 is 12.4 Å². The summed E-state index contributed by atoms with van der Waals surface area (Å²) in [7, 11) is 0. The van der Waals surface area contributed by atoms with Gasteiger partial charge in [-0.05, 0) is 38.1 Å². The molecule has 1 heterocycles. The summed E-state index contributed by atoms with van der Waals surface area (Å²) in [5, 5.41) is 0. The fraction of sp³-hybridized carbons (Fsp3) is 1.00. The first-order valence-electron chi connectivity index (χ1n) is 6.82. The van der Waals surface area contributed by atoms with E-state index in [9.17, 15) is 0 Å². The summed E-state index contributed by atoms with van der Waals surface area (Å²) in [4.78, 5) is 2.62. The van der Waals surface area contributed by atoms with E-state index in [-0.39, 0.29) is 12.4 Å². The third-order valence-corrected chi connectivity index (χ3v) is 4.03. The van der Waals surface area contributed by atoms with Gasteiger partial charge in [-0.1, -0.05) is 25.7 Å². The summed E-state index contributed by atoms with van der Waals surface area (Å²) in [5.74, 6) is 0.970. The number of likely N-dealkylation sites (tertiary alicyclic amines) is 1. The highest BCUT2D eigenvalue weighted by molar-refractivity contribution is 5.85. The zero-order valence-electron chi connectivity index (χ0n) is 10.4. The minimum atomic E-state index is 0. The molecule has 0 aromatic rings. The maximum Gasteiger partial charge on any atom is 0.0168 e. The molecule has 1 saturated heterocycles. The van der Waals surface area contributed by atoms with Gasteiger partial charge in [0.15, 0.2) is 0 Å². The molecule has 0 aromatic carbocycles. The van der Waals surface area contributed by atoms with Gasteiger partial charge in [0.25, 0.3) is 0 Å². The van der Waals surface area contributed by atoms with Crippen LogP contribution in [0.4, 0.5) is 0 Å². The Kier molecular flexibility index (Phi) is 6.71. The molecule has 1 aliphatic carbocycles. The Morgan fingerprint density at radius 1 is 0.938 bits per heavy atom. The largest absolute Gasteiger partial charge is 0.327 e. The average Bonchev–Trinajstić information content (AvgIpc) is 2.46. The van der Waals surface area contributed by atoms with Gasteiger partial charge in [-0.15, -0.1) is 12.4 Å². The van der Waals surface area contributed by atoms with Crippen LogP contribution in [0.3, 0.4) is 0 Å². The second-order valence-corrected chi connectivity index (χ2v) is 5.52. The zero-order chi connectivity index (χ0) is 10.5. The van der Waals surface area contributed by atoms with Crippen molar-refractivity contribution in [2.75, 3.05) is 19.6 Å². The van der Waals surface area contributed by atoms with E-state index in [2.05, 4.69) is 4.90 Å². The minimum absolute atomic E-state index is 0. The van der Waals surface area contributed by atoms with E-state index in [1.54, 1.807) is 0 Å². The Labute approximate surface area is 106 Å². The lowest BCUT2D eigenvalue weighted by atomic mass is 9.98. The lowest BCUT2D eigenvalue weighted by Gasteiger charge is -2.33. The maximum atomic E-state index is 6.02. The normalized spacial score (nSPS) is 29.4. The van der Waals surface area contributed by atoms with Crippen LogP contribution in [0.1, 0.15) is 51.4 Å². The van der Waals surface area contributed by atoms with Crippen LogP contribution < -0.4 is 5.73 Å². The van der Waals surface area contributed by atoms with Crippen LogP contribution in [-0.4, -0.2) is 30.6 Å². The number of nitrogens with two attached hydrogens (primary N) is 1. The highest BCUT2D eigenvalue weighted by atomic mass is 35.5. The molecule has 1 aliphatic heterocycles. The molecule has 1 saturated carbocycles. The summed E-state index contributed by atoms with van der Waals surface area (Å²) in [6.07, 6.45) is 11.3. The molecule has 1 atom stereocenters. The lowest BCUT2D eigenvalue weighted by Crippen LogP contribution is -2.44. The molecular weight excluding hydrogens is 220 g/mol. The lowest BCUT2D eigenvalue weighted by molar-refractivity contribution is 0.173. The maximum absolute atomic E-state index is 6.02. The molecule has 3 heteroatoms. The number of halogens is 1. The van der Waals surface area contributed by atoms with Gasteiger partial charge in [-0.3, -0.25) is 0 Å². The van der Waals surface area contributed by atoms with Crippen molar-refractivity contribution >= 4 is 12.4 Å². The molecule has 0 bridgehead atoms. The quantitative estimate of drug-likeness (QED) is 0.760. The van der Waals surface area contributed by atoms with Gasteiger partial charge >= 0.3 is 0 Å². The number of rotatable bonds is 2.